The molecule has 0 saturated heterocycles. The van der Waals surface area contributed by atoms with Crippen molar-refractivity contribution in [2.24, 2.45) is 24.8 Å². The van der Waals surface area contributed by atoms with Crippen molar-refractivity contribution in [1.82, 2.24) is 15.1 Å². The van der Waals surface area contributed by atoms with Crippen LogP contribution in [-0.4, -0.2) is 21.2 Å². The molecule has 0 aliphatic heterocycles. The number of halogens is 4. The highest BCUT2D eigenvalue weighted by Gasteiger charge is 2.52. The van der Waals surface area contributed by atoms with E-state index in [2.05, 4.69) is 10.4 Å². The van der Waals surface area contributed by atoms with Crippen LogP contribution < -0.4 is 5.32 Å². The number of alkyl halides is 3. The summed E-state index contributed by atoms with van der Waals surface area (Å²) in [5.74, 6) is 1.01. The maximum atomic E-state index is 13.2. The maximum absolute atomic E-state index is 13.2. The number of aromatic nitrogens is 2. The van der Waals surface area contributed by atoms with Crippen molar-refractivity contribution in [1.29, 1.82) is 0 Å². The summed E-state index contributed by atoms with van der Waals surface area (Å²) >= 11 is 5.94. The summed E-state index contributed by atoms with van der Waals surface area (Å²) in [5, 5.41) is 6.05. The molecule has 4 aliphatic rings. The van der Waals surface area contributed by atoms with E-state index in [-0.39, 0.29) is 10.7 Å². The molecule has 4 nitrogen and oxygen atoms in total. The Balaban J connectivity index is 1.64. The lowest BCUT2D eigenvalue weighted by Gasteiger charge is -2.56. The zero-order valence-corrected chi connectivity index (χ0v) is 14.0. The molecule has 4 saturated carbocycles. The van der Waals surface area contributed by atoms with Crippen molar-refractivity contribution in [3.8, 4) is 0 Å². The quantitative estimate of drug-likeness (QED) is 0.871. The number of aryl methyl sites for hydroxylation is 1. The van der Waals surface area contributed by atoms with Crippen molar-refractivity contribution in [2.45, 2.75) is 50.2 Å². The van der Waals surface area contributed by atoms with Crippen molar-refractivity contribution in [3.63, 3.8) is 0 Å². The topological polar surface area (TPSA) is 46.9 Å². The third kappa shape index (κ3) is 2.52. The van der Waals surface area contributed by atoms with Crippen LogP contribution in [0.1, 0.15) is 54.6 Å². The second-order valence-electron chi connectivity index (χ2n) is 7.79. The summed E-state index contributed by atoms with van der Waals surface area (Å²) < 4.78 is 40.5. The molecule has 132 valence electrons. The van der Waals surface area contributed by atoms with Crippen LogP contribution in [0.15, 0.2) is 0 Å². The minimum absolute atomic E-state index is 0.274. The van der Waals surface area contributed by atoms with Gasteiger partial charge in [0.25, 0.3) is 5.91 Å². The van der Waals surface area contributed by atoms with Crippen LogP contribution in [0, 0.1) is 17.8 Å². The fraction of sp³-hybridized carbons (Fsp3) is 0.750. The van der Waals surface area contributed by atoms with Crippen LogP contribution in [-0.2, 0) is 13.2 Å². The second kappa shape index (κ2) is 5.13. The van der Waals surface area contributed by atoms with Crippen LogP contribution >= 0.6 is 11.6 Å². The number of rotatable bonds is 2. The van der Waals surface area contributed by atoms with E-state index >= 15 is 0 Å². The minimum atomic E-state index is -4.71. The van der Waals surface area contributed by atoms with Gasteiger partial charge in [0.15, 0.2) is 5.69 Å². The molecule has 0 unspecified atom stereocenters. The normalized spacial score (nSPS) is 34.6. The number of nitrogens with zero attached hydrogens (tertiary/aromatic N) is 2. The summed E-state index contributed by atoms with van der Waals surface area (Å²) in [4.78, 5) is 12.7. The fourth-order valence-corrected chi connectivity index (χ4v) is 5.68. The highest BCUT2D eigenvalue weighted by molar-refractivity contribution is 6.33. The lowest BCUT2D eigenvalue weighted by molar-refractivity contribution is -0.141. The Morgan fingerprint density at radius 1 is 1.21 bits per heavy atom. The van der Waals surface area contributed by atoms with E-state index in [4.69, 9.17) is 11.6 Å². The third-order valence-electron chi connectivity index (χ3n) is 5.89. The highest BCUT2D eigenvalue weighted by Crippen LogP contribution is 2.55. The molecule has 1 aromatic heterocycles. The van der Waals surface area contributed by atoms with Gasteiger partial charge in [-0.2, -0.15) is 18.3 Å². The van der Waals surface area contributed by atoms with Crippen molar-refractivity contribution < 1.29 is 18.0 Å². The maximum Gasteiger partial charge on any atom is 0.436 e. The standard InChI is InChI=1S/C16H19ClF3N3O/c1-23-13(17)11(12(22-23)16(18,19)20)14(24)21-15-5-8-2-9(6-15)4-10(3-8)7-15/h8-10H,2-7H2,1H3,(H,21,24). The van der Waals surface area contributed by atoms with Crippen LogP contribution in [0.5, 0.6) is 0 Å². The van der Waals surface area contributed by atoms with Gasteiger partial charge in [-0.25, -0.2) is 0 Å². The Morgan fingerprint density at radius 2 is 1.71 bits per heavy atom. The summed E-state index contributed by atoms with van der Waals surface area (Å²) in [7, 11) is 1.30. The highest BCUT2D eigenvalue weighted by atomic mass is 35.5. The molecule has 8 heteroatoms. The SMILES string of the molecule is Cn1nc(C(F)(F)F)c(C(=O)NC23CC4CC(CC(C4)C2)C3)c1Cl. The van der Waals surface area contributed by atoms with E-state index < -0.39 is 23.3 Å². The van der Waals surface area contributed by atoms with E-state index in [0.29, 0.717) is 17.8 Å². The first-order chi connectivity index (χ1) is 11.2. The lowest BCUT2D eigenvalue weighted by Crippen LogP contribution is -2.60. The molecule has 0 radical (unpaired) electrons. The number of hydrogen-bond acceptors (Lipinski definition) is 2. The van der Waals surface area contributed by atoms with Gasteiger partial charge in [0.05, 0.1) is 0 Å². The van der Waals surface area contributed by atoms with Crippen molar-refractivity contribution >= 4 is 17.5 Å². The van der Waals surface area contributed by atoms with Crippen LogP contribution in [0.25, 0.3) is 0 Å². The summed E-state index contributed by atoms with van der Waals surface area (Å²) in [6, 6.07) is 0. The molecule has 1 heterocycles. The lowest BCUT2D eigenvalue weighted by atomic mass is 9.53. The summed E-state index contributed by atoms with van der Waals surface area (Å²) in [5.41, 5.74) is -2.13. The number of carbonyl (C=O) groups excluding carboxylic acids is 1. The van der Waals surface area contributed by atoms with Gasteiger partial charge in [0.2, 0.25) is 0 Å². The Labute approximate surface area is 142 Å². The van der Waals surface area contributed by atoms with E-state index in [9.17, 15) is 18.0 Å². The molecule has 4 fully saturated rings. The van der Waals surface area contributed by atoms with Gasteiger partial charge in [-0.3, -0.25) is 9.48 Å². The molecule has 5 rings (SSSR count). The molecule has 1 amide bonds. The summed E-state index contributed by atoms with van der Waals surface area (Å²) in [6.07, 6.45) is 1.46. The average Bonchev–Trinajstić information content (AvgIpc) is 2.72. The van der Waals surface area contributed by atoms with E-state index in [1.165, 1.54) is 26.3 Å². The zero-order valence-electron chi connectivity index (χ0n) is 13.3. The Bertz CT molecular complexity index is 662. The monoisotopic (exact) mass is 361 g/mol. The first kappa shape index (κ1) is 16.2. The van der Waals surface area contributed by atoms with Gasteiger partial charge in [-0.1, -0.05) is 11.6 Å². The summed E-state index contributed by atoms with van der Waals surface area (Å²) in [6.45, 7) is 0. The van der Waals surface area contributed by atoms with E-state index in [1.54, 1.807) is 0 Å². The first-order valence-electron chi connectivity index (χ1n) is 8.29. The Morgan fingerprint density at radius 3 is 2.17 bits per heavy atom. The largest absolute Gasteiger partial charge is 0.436 e. The Hall–Kier alpha value is -1.24. The Kier molecular flexibility index (Phi) is 3.47. The molecule has 0 atom stereocenters. The minimum Gasteiger partial charge on any atom is -0.346 e. The molecule has 4 aliphatic carbocycles. The van der Waals surface area contributed by atoms with Crippen LogP contribution in [0.2, 0.25) is 5.15 Å². The number of carbonyl (C=O) groups is 1. The van der Waals surface area contributed by atoms with Gasteiger partial charge in [-0.05, 0) is 56.3 Å². The molecule has 0 aromatic carbocycles. The molecular formula is C16H19ClF3N3O. The number of hydrogen-bond donors (Lipinski definition) is 1. The third-order valence-corrected chi connectivity index (χ3v) is 6.32. The van der Waals surface area contributed by atoms with Crippen LogP contribution in [0.3, 0.4) is 0 Å². The van der Waals surface area contributed by atoms with Gasteiger partial charge in [-0.15, -0.1) is 0 Å². The fourth-order valence-electron chi connectivity index (χ4n) is 5.47. The first-order valence-corrected chi connectivity index (χ1v) is 8.67. The van der Waals surface area contributed by atoms with Gasteiger partial charge >= 0.3 is 6.18 Å². The second-order valence-corrected chi connectivity index (χ2v) is 8.15. The molecule has 1 N–H and O–H groups in total. The number of nitrogens with one attached hydrogen (secondary N) is 1. The molecule has 4 bridgehead atoms. The molecule has 1 aromatic rings. The average molecular weight is 362 g/mol. The van der Waals surface area contributed by atoms with Crippen molar-refractivity contribution in [2.75, 3.05) is 0 Å². The van der Waals surface area contributed by atoms with E-state index in [0.717, 1.165) is 23.9 Å². The number of amides is 1. The smallest absolute Gasteiger partial charge is 0.346 e. The molecular weight excluding hydrogens is 343 g/mol. The van der Waals surface area contributed by atoms with Gasteiger partial charge in [0, 0.05) is 12.6 Å². The zero-order chi connectivity index (χ0) is 17.3. The van der Waals surface area contributed by atoms with Crippen molar-refractivity contribution in [3.05, 3.63) is 16.4 Å². The predicted octanol–water partition coefficient (Wildman–Crippen LogP) is 3.79. The van der Waals surface area contributed by atoms with Crippen LogP contribution in [0.4, 0.5) is 13.2 Å². The van der Waals surface area contributed by atoms with Gasteiger partial charge < -0.3 is 5.32 Å². The van der Waals surface area contributed by atoms with Gasteiger partial charge in [0.1, 0.15) is 10.7 Å². The predicted molar refractivity (Wildman–Crippen MR) is 81.6 cm³/mol. The molecule has 0 spiro atoms. The van der Waals surface area contributed by atoms with E-state index in [1.807, 2.05) is 0 Å². The molecule has 24 heavy (non-hydrogen) atoms.